The van der Waals surface area contributed by atoms with Gasteiger partial charge >= 0.3 is 6.36 Å². The molecule has 0 spiro atoms. The Hall–Kier alpha value is -0.530. The number of carbonyl (C=O) groups is 1. The average Bonchev–Trinajstić information content (AvgIpc) is 2.22. The molecule has 1 aliphatic rings. The predicted molar refractivity (Wildman–Crippen MR) is 69.4 cm³/mol. The molecule has 0 aromatic carbocycles. The van der Waals surface area contributed by atoms with E-state index in [9.17, 15) is 18.0 Å². The van der Waals surface area contributed by atoms with Crippen molar-refractivity contribution in [2.24, 2.45) is 5.73 Å². The van der Waals surface area contributed by atoms with E-state index >= 15 is 0 Å². The van der Waals surface area contributed by atoms with Crippen LogP contribution in [0.2, 0.25) is 0 Å². The molecule has 1 amide bonds. The highest BCUT2D eigenvalue weighted by atomic mass is 35.5. The largest absolute Gasteiger partial charge is 0.522 e. The van der Waals surface area contributed by atoms with Gasteiger partial charge in [-0.2, -0.15) is 0 Å². The molecule has 0 bridgehead atoms. The van der Waals surface area contributed by atoms with Gasteiger partial charge in [-0.25, -0.2) is 0 Å². The van der Waals surface area contributed by atoms with Crippen LogP contribution in [0.1, 0.15) is 45.4 Å². The van der Waals surface area contributed by atoms with Gasteiger partial charge in [-0.05, 0) is 6.42 Å². The molecular weight excluding hydrogens is 299 g/mol. The minimum Gasteiger partial charge on any atom is -0.367 e. The molecular formula is C12H21ClF3NO3. The highest BCUT2D eigenvalue weighted by Gasteiger charge is 2.41. The Morgan fingerprint density at radius 1 is 1.30 bits per heavy atom. The molecule has 0 aliphatic heterocycles. The van der Waals surface area contributed by atoms with Crippen LogP contribution in [0.15, 0.2) is 0 Å². The zero-order valence-electron chi connectivity index (χ0n) is 11.3. The van der Waals surface area contributed by atoms with E-state index in [4.69, 9.17) is 10.5 Å². The van der Waals surface area contributed by atoms with Crippen molar-refractivity contribution in [3.63, 3.8) is 0 Å². The van der Waals surface area contributed by atoms with Crippen LogP contribution in [0.25, 0.3) is 0 Å². The number of carbonyl (C=O) groups excluding carboxylic acids is 1. The van der Waals surface area contributed by atoms with Crippen LogP contribution in [-0.4, -0.2) is 30.6 Å². The SMILES string of the molecule is CCCCCC(OC1CC(OC(F)(F)F)C1)C(N)=O.Cl. The van der Waals surface area contributed by atoms with Crippen LogP contribution < -0.4 is 5.73 Å². The average molecular weight is 320 g/mol. The molecule has 0 aromatic rings. The topological polar surface area (TPSA) is 61.6 Å². The molecule has 1 aliphatic carbocycles. The fourth-order valence-corrected chi connectivity index (χ4v) is 2.00. The van der Waals surface area contributed by atoms with Crippen LogP contribution in [0.4, 0.5) is 13.2 Å². The Balaban J connectivity index is 0.00000361. The Morgan fingerprint density at radius 3 is 2.35 bits per heavy atom. The third-order valence-corrected chi connectivity index (χ3v) is 3.10. The smallest absolute Gasteiger partial charge is 0.367 e. The third kappa shape index (κ3) is 7.31. The summed E-state index contributed by atoms with van der Waals surface area (Å²) in [4.78, 5) is 11.2. The van der Waals surface area contributed by atoms with Gasteiger partial charge < -0.3 is 10.5 Å². The minimum absolute atomic E-state index is 0. The van der Waals surface area contributed by atoms with Gasteiger partial charge in [-0.15, -0.1) is 25.6 Å². The highest BCUT2D eigenvalue weighted by Crippen LogP contribution is 2.33. The number of primary amides is 1. The molecule has 1 unspecified atom stereocenters. The van der Waals surface area contributed by atoms with Crippen molar-refractivity contribution >= 4 is 18.3 Å². The van der Waals surface area contributed by atoms with E-state index in [0.29, 0.717) is 6.42 Å². The molecule has 1 atom stereocenters. The lowest BCUT2D eigenvalue weighted by Gasteiger charge is -2.36. The molecule has 1 rings (SSSR count). The number of rotatable bonds is 8. The second-order valence-electron chi connectivity index (χ2n) is 4.80. The quantitative estimate of drug-likeness (QED) is 0.700. The van der Waals surface area contributed by atoms with Gasteiger partial charge in [-0.3, -0.25) is 9.53 Å². The molecule has 0 radical (unpaired) electrons. The van der Waals surface area contributed by atoms with Crippen LogP contribution in [0.3, 0.4) is 0 Å². The molecule has 2 N–H and O–H groups in total. The van der Waals surface area contributed by atoms with Gasteiger partial charge in [0.15, 0.2) is 0 Å². The fourth-order valence-electron chi connectivity index (χ4n) is 2.00. The molecule has 4 nitrogen and oxygen atoms in total. The lowest BCUT2D eigenvalue weighted by molar-refractivity contribution is -0.357. The lowest BCUT2D eigenvalue weighted by Crippen LogP contribution is -2.45. The Morgan fingerprint density at radius 2 is 1.90 bits per heavy atom. The van der Waals surface area contributed by atoms with Crippen LogP contribution in [-0.2, 0) is 14.3 Å². The first-order valence-electron chi connectivity index (χ1n) is 6.51. The summed E-state index contributed by atoms with van der Waals surface area (Å²) in [7, 11) is 0. The summed E-state index contributed by atoms with van der Waals surface area (Å²) >= 11 is 0. The number of nitrogens with two attached hydrogens (primary N) is 1. The van der Waals surface area contributed by atoms with Crippen molar-refractivity contribution in [2.75, 3.05) is 0 Å². The first-order chi connectivity index (χ1) is 8.81. The van der Waals surface area contributed by atoms with E-state index in [2.05, 4.69) is 4.74 Å². The summed E-state index contributed by atoms with van der Waals surface area (Å²) in [6, 6.07) is 0. The molecule has 0 saturated heterocycles. The number of hydrogen-bond donors (Lipinski definition) is 1. The summed E-state index contributed by atoms with van der Waals surface area (Å²) in [6.07, 6.45) is -2.93. The molecule has 20 heavy (non-hydrogen) atoms. The number of unbranched alkanes of at least 4 members (excludes halogenated alkanes) is 2. The number of halogens is 4. The first kappa shape index (κ1) is 19.5. The van der Waals surface area contributed by atoms with Gasteiger partial charge in [0.05, 0.1) is 12.2 Å². The highest BCUT2D eigenvalue weighted by molar-refractivity contribution is 5.85. The van der Waals surface area contributed by atoms with E-state index in [1.165, 1.54) is 0 Å². The minimum atomic E-state index is -4.61. The summed E-state index contributed by atoms with van der Waals surface area (Å²) in [6.45, 7) is 2.03. The maximum Gasteiger partial charge on any atom is 0.522 e. The predicted octanol–water partition coefficient (Wildman–Crippen LogP) is 2.93. The number of hydrogen-bond acceptors (Lipinski definition) is 3. The van der Waals surface area contributed by atoms with E-state index < -0.39 is 24.5 Å². The van der Waals surface area contributed by atoms with Gasteiger partial charge in [0.1, 0.15) is 6.10 Å². The number of ether oxygens (including phenoxy) is 2. The maximum atomic E-state index is 11.9. The van der Waals surface area contributed by atoms with Crippen LogP contribution >= 0.6 is 12.4 Å². The number of amides is 1. The van der Waals surface area contributed by atoms with Gasteiger partial charge in [0.2, 0.25) is 5.91 Å². The van der Waals surface area contributed by atoms with Gasteiger partial charge in [0.25, 0.3) is 0 Å². The number of alkyl halides is 3. The van der Waals surface area contributed by atoms with E-state index in [-0.39, 0.29) is 31.4 Å². The van der Waals surface area contributed by atoms with E-state index in [1.54, 1.807) is 0 Å². The van der Waals surface area contributed by atoms with Crippen LogP contribution in [0.5, 0.6) is 0 Å². The Kier molecular flexibility index (Phi) is 8.46. The summed E-state index contributed by atoms with van der Waals surface area (Å²) < 4.78 is 45.0. The maximum absolute atomic E-state index is 11.9. The summed E-state index contributed by atoms with van der Waals surface area (Å²) in [5.74, 6) is -0.559. The van der Waals surface area contributed by atoms with Gasteiger partial charge in [-0.1, -0.05) is 26.2 Å². The van der Waals surface area contributed by atoms with E-state index in [1.807, 2.05) is 6.92 Å². The van der Waals surface area contributed by atoms with Crippen molar-refractivity contribution in [2.45, 2.75) is 70.1 Å². The monoisotopic (exact) mass is 319 g/mol. The lowest BCUT2D eigenvalue weighted by atomic mass is 9.91. The molecule has 1 fully saturated rings. The Bertz CT molecular complexity index is 296. The molecule has 0 aromatic heterocycles. The molecule has 0 heterocycles. The second-order valence-corrected chi connectivity index (χ2v) is 4.80. The zero-order chi connectivity index (χ0) is 14.5. The van der Waals surface area contributed by atoms with Crippen molar-refractivity contribution in [3.05, 3.63) is 0 Å². The zero-order valence-corrected chi connectivity index (χ0v) is 12.1. The standard InChI is InChI=1S/C12H20F3NO3.ClH/c1-2-3-4-5-10(11(16)17)18-8-6-9(7-8)19-12(13,14)15;/h8-10H,2-7H2,1H3,(H2,16,17);1H. The first-order valence-corrected chi connectivity index (χ1v) is 6.51. The normalized spacial score (nSPS) is 23.6. The van der Waals surface area contributed by atoms with Crippen molar-refractivity contribution in [3.8, 4) is 0 Å². The van der Waals surface area contributed by atoms with Gasteiger partial charge in [0, 0.05) is 12.8 Å². The molecule has 8 heteroatoms. The Labute approximate surface area is 122 Å². The summed E-state index contributed by atoms with van der Waals surface area (Å²) in [5.41, 5.74) is 5.21. The van der Waals surface area contributed by atoms with Crippen molar-refractivity contribution < 1.29 is 27.4 Å². The van der Waals surface area contributed by atoms with E-state index in [0.717, 1.165) is 19.3 Å². The second kappa shape index (κ2) is 8.69. The molecule has 120 valence electrons. The third-order valence-electron chi connectivity index (χ3n) is 3.10. The molecule has 1 saturated carbocycles. The van der Waals surface area contributed by atoms with Crippen LogP contribution in [0, 0.1) is 0 Å². The van der Waals surface area contributed by atoms with Crippen molar-refractivity contribution in [1.29, 1.82) is 0 Å². The van der Waals surface area contributed by atoms with Crippen molar-refractivity contribution in [1.82, 2.24) is 0 Å². The summed E-state index contributed by atoms with van der Waals surface area (Å²) in [5, 5.41) is 0. The fraction of sp³-hybridized carbons (Fsp3) is 0.917.